The van der Waals surface area contributed by atoms with Gasteiger partial charge in [0.1, 0.15) is 18.8 Å². The minimum Gasteiger partial charge on any atom is -0.469 e. The highest BCUT2D eigenvalue weighted by atomic mass is 16.6. The van der Waals surface area contributed by atoms with Gasteiger partial charge in [0.05, 0.1) is 29.8 Å². The van der Waals surface area contributed by atoms with Crippen LogP contribution in [0.1, 0.15) is 34.6 Å². The van der Waals surface area contributed by atoms with Crippen LogP contribution >= 0.6 is 0 Å². The minimum absolute atomic E-state index is 0.168. The monoisotopic (exact) mass is 438 g/mol. The van der Waals surface area contributed by atoms with Gasteiger partial charge in [0.15, 0.2) is 0 Å². The van der Waals surface area contributed by atoms with Crippen molar-refractivity contribution in [2.24, 2.45) is 5.41 Å². The quantitative estimate of drug-likeness (QED) is 0.371. The van der Waals surface area contributed by atoms with Crippen LogP contribution in [0.25, 0.3) is 0 Å². The number of benzene rings is 2. The molecule has 1 aliphatic heterocycles. The van der Waals surface area contributed by atoms with Crippen molar-refractivity contribution in [3.8, 4) is 0 Å². The first kappa shape index (κ1) is 23.2. The number of carbonyl (C=O) groups excluding carboxylic acids is 3. The lowest BCUT2D eigenvalue weighted by atomic mass is 9.84. The molecule has 7 heteroatoms. The Hall–Kier alpha value is -3.45. The maximum absolute atomic E-state index is 12.6. The fraction of sp³-hybridized carbons (Fsp3) is 0.320. The molecule has 0 bridgehead atoms. The van der Waals surface area contributed by atoms with Crippen LogP contribution in [0.4, 0.5) is 0 Å². The predicted octanol–water partition coefficient (Wildman–Crippen LogP) is 3.59. The van der Waals surface area contributed by atoms with Crippen molar-refractivity contribution in [3.05, 3.63) is 83.9 Å². The normalized spacial score (nSPS) is 20.3. The number of hydrogen-bond acceptors (Lipinski definition) is 7. The molecule has 2 aromatic rings. The van der Waals surface area contributed by atoms with E-state index in [1.54, 1.807) is 86.7 Å². The van der Waals surface area contributed by atoms with Gasteiger partial charge < -0.3 is 18.9 Å². The van der Waals surface area contributed by atoms with E-state index in [0.717, 1.165) is 0 Å². The van der Waals surface area contributed by atoms with Gasteiger partial charge in [0, 0.05) is 0 Å². The summed E-state index contributed by atoms with van der Waals surface area (Å²) in [6, 6.07) is 17.1. The molecule has 3 atom stereocenters. The zero-order valence-corrected chi connectivity index (χ0v) is 18.2. The number of esters is 3. The van der Waals surface area contributed by atoms with Crippen molar-refractivity contribution in [1.82, 2.24) is 0 Å². The van der Waals surface area contributed by atoms with Crippen molar-refractivity contribution in [2.75, 3.05) is 13.7 Å². The molecule has 32 heavy (non-hydrogen) atoms. The van der Waals surface area contributed by atoms with Crippen molar-refractivity contribution < 1.29 is 33.3 Å². The van der Waals surface area contributed by atoms with E-state index in [-0.39, 0.29) is 6.61 Å². The van der Waals surface area contributed by atoms with E-state index in [4.69, 9.17) is 18.9 Å². The van der Waals surface area contributed by atoms with Crippen LogP contribution in [0.2, 0.25) is 0 Å². The molecule has 1 aliphatic rings. The molecular weight excluding hydrogens is 412 g/mol. The lowest BCUT2D eigenvalue weighted by molar-refractivity contribution is -0.167. The highest BCUT2D eigenvalue weighted by Crippen LogP contribution is 2.31. The molecule has 3 rings (SSSR count). The molecule has 0 saturated carbocycles. The minimum atomic E-state index is -0.999. The lowest BCUT2D eigenvalue weighted by Gasteiger charge is -2.37. The Morgan fingerprint density at radius 1 is 0.875 bits per heavy atom. The summed E-state index contributed by atoms with van der Waals surface area (Å²) in [5.74, 6) is -1.51. The first-order chi connectivity index (χ1) is 15.3. The van der Waals surface area contributed by atoms with Crippen LogP contribution in [0.5, 0.6) is 0 Å². The summed E-state index contributed by atoms with van der Waals surface area (Å²) in [6.07, 6.45) is 1.03. The van der Waals surface area contributed by atoms with E-state index in [0.29, 0.717) is 11.1 Å². The maximum atomic E-state index is 12.6. The summed E-state index contributed by atoms with van der Waals surface area (Å²) >= 11 is 0. The van der Waals surface area contributed by atoms with Gasteiger partial charge in [-0.2, -0.15) is 0 Å². The topological polar surface area (TPSA) is 88.1 Å². The number of methoxy groups -OCH3 is 1. The smallest absolute Gasteiger partial charge is 0.338 e. The zero-order chi connectivity index (χ0) is 23.1. The van der Waals surface area contributed by atoms with E-state index in [9.17, 15) is 14.4 Å². The van der Waals surface area contributed by atoms with Gasteiger partial charge in [0.25, 0.3) is 0 Å². The Kier molecular flexibility index (Phi) is 7.43. The zero-order valence-electron chi connectivity index (χ0n) is 18.2. The molecule has 2 aromatic carbocycles. The standard InChI is InChI=1S/C25H26O7/c1-25(2,24(28)29-3)21-15-14-19(32-23(27)18-12-8-5-9-13-18)20(31-21)16-30-22(26)17-10-6-4-7-11-17/h4-15,19-21H,16H2,1-3H3/t19-,20+,21-/m0/s1. The van der Waals surface area contributed by atoms with Crippen molar-refractivity contribution in [2.45, 2.75) is 32.2 Å². The average molecular weight is 438 g/mol. The summed E-state index contributed by atoms with van der Waals surface area (Å²) in [6.45, 7) is 3.22. The molecule has 7 nitrogen and oxygen atoms in total. The summed E-state index contributed by atoms with van der Waals surface area (Å²) in [4.78, 5) is 37.2. The van der Waals surface area contributed by atoms with Crippen molar-refractivity contribution in [1.29, 1.82) is 0 Å². The summed E-state index contributed by atoms with van der Waals surface area (Å²) < 4.78 is 22.0. The molecule has 0 amide bonds. The molecule has 0 radical (unpaired) electrons. The second-order valence-electron chi connectivity index (χ2n) is 7.89. The Morgan fingerprint density at radius 2 is 1.44 bits per heavy atom. The maximum Gasteiger partial charge on any atom is 0.338 e. The van der Waals surface area contributed by atoms with Crippen LogP contribution < -0.4 is 0 Å². The van der Waals surface area contributed by atoms with Crippen LogP contribution in [0.15, 0.2) is 72.8 Å². The van der Waals surface area contributed by atoms with E-state index in [2.05, 4.69) is 0 Å². The van der Waals surface area contributed by atoms with Crippen LogP contribution in [-0.2, 0) is 23.7 Å². The Morgan fingerprint density at radius 3 is 2.00 bits per heavy atom. The fourth-order valence-electron chi connectivity index (χ4n) is 3.27. The van der Waals surface area contributed by atoms with Crippen LogP contribution in [0.3, 0.4) is 0 Å². The summed E-state index contributed by atoms with van der Waals surface area (Å²) in [5.41, 5.74) is -0.220. The lowest BCUT2D eigenvalue weighted by Crippen LogP contribution is -2.48. The third-order valence-electron chi connectivity index (χ3n) is 5.23. The predicted molar refractivity (Wildman–Crippen MR) is 116 cm³/mol. The van der Waals surface area contributed by atoms with Gasteiger partial charge in [-0.1, -0.05) is 42.5 Å². The van der Waals surface area contributed by atoms with E-state index in [1.807, 2.05) is 0 Å². The molecule has 1 heterocycles. The number of ether oxygens (including phenoxy) is 4. The van der Waals surface area contributed by atoms with Gasteiger partial charge in [-0.15, -0.1) is 0 Å². The van der Waals surface area contributed by atoms with Gasteiger partial charge in [-0.25, -0.2) is 9.59 Å². The second kappa shape index (κ2) is 10.2. The Bertz CT molecular complexity index is 966. The van der Waals surface area contributed by atoms with Gasteiger partial charge >= 0.3 is 17.9 Å². The number of hydrogen-bond donors (Lipinski definition) is 0. The molecule has 0 aliphatic carbocycles. The van der Waals surface area contributed by atoms with Crippen molar-refractivity contribution in [3.63, 3.8) is 0 Å². The van der Waals surface area contributed by atoms with E-state index < -0.39 is 41.6 Å². The summed E-state index contributed by atoms with van der Waals surface area (Å²) in [5, 5.41) is 0. The van der Waals surface area contributed by atoms with Crippen LogP contribution in [0, 0.1) is 5.41 Å². The first-order valence-electron chi connectivity index (χ1n) is 10.2. The average Bonchev–Trinajstić information content (AvgIpc) is 2.83. The van der Waals surface area contributed by atoms with Gasteiger partial charge in [-0.3, -0.25) is 4.79 Å². The Balaban J connectivity index is 1.77. The second-order valence-corrected chi connectivity index (χ2v) is 7.89. The number of carbonyl (C=O) groups is 3. The molecule has 168 valence electrons. The molecule has 0 aromatic heterocycles. The van der Waals surface area contributed by atoms with Gasteiger partial charge in [0.2, 0.25) is 0 Å². The Labute approximate surface area is 186 Å². The fourth-order valence-corrected chi connectivity index (χ4v) is 3.27. The first-order valence-corrected chi connectivity index (χ1v) is 10.2. The largest absolute Gasteiger partial charge is 0.469 e. The summed E-state index contributed by atoms with van der Waals surface area (Å²) in [7, 11) is 1.31. The van der Waals surface area contributed by atoms with Gasteiger partial charge in [-0.05, 0) is 44.2 Å². The molecule has 0 N–H and O–H groups in total. The highest BCUT2D eigenvalue weighted by Gasteiger charge is 2.43. The molecular formula is C25H26O7. The molecule has 0 spiro atoms. The number of rotatable bonds is 7. The molecule has 0 fully saturated rings. The third kappa shape index (κ3) is 5.42. The molecule has 0 saturated heterocycles. The van der Waals surface area contributed by atoms with Crippen LogP contribution in [-0.4, -0.2) is 49.9 Å². The van der Waals surface area contributed by atoms with Crippen molar-refractivity contribution >= 4 is 17.9 Å². The third-order valence-corrected chi connectivity index (χ3v) is 5.23. The highest BCUT2D eigenvalue weighted by molar-refractivity contribution is 5.90. The van der Waals surface area contributed by atoms with E-state index in [1.165, 1.54) is 7.11 Å². The van der Waals surface area contributed by atoms with E-state index >= 15 is 0 Å². The SMILES string of the molecule is COC(=O)C(C)(C)[C@@H]1C=C[C@H](OC(=O)c2ccccc2)[C@@H](COC(=O)c2ccccc2)O1. The molecule has 0 unspecified atom stereocenters.